The zero-order chi connectivity index (χ0) is 19.2. The van der Waals surface area contributed by atoms with Crippen molar-refractivity contribution in [3.05, 3.63) is 60.2 Å². The quantitative estimate of drug-likeness (QED) is 0.628. The minimum Gasteiger partial charge on any atom is -0.399 e. The Balaban J connectivity index is 1.65. The van der Waals surface area contributed by atoms with Crippen LogP contribution in [0, 0.1) is 5.92 Å². The van der Waals surface area contributed by atoms with Gasteiger partial charge in [0, 0.05) is 17.8 Å². The number of aromatic nitrogens is 4. The Morgan fingerprint density at radius 1 is 1.11 bits per heavy atom. The van der Waals surface area contributed by atoms with E-state index >= 15 is 0 Å². The number of rotatable bonds is 7. The van der Waals surface area contributed by atoms with Crippen LogP contribution in [0.3, 0.4) is 0 Å². The maximum absolute atomic E-state index is 12.7. The summed E-state index contributed by atoms with van der Waals surface area (Å²) in [5, 5.41) is 15.6. The number of tetrazole rings is 1. The minimum absolute atomic E-state index is 0.0272. The van der Waals surface area contributed by atoms with Gasteiger partial charge in [0.05, 0.1) is 0 Å². The van der Waals surface area contributed by atoms with Crippen molar-refractivity contribution in [1.29, 1.82) is 0 Å². The summed E-state index contributed by atoms with van der Waals surface area (Å²) >= 11 is 0. The van der Waals surface area contributed by atoms with E-state index in [2.05, 4.69) is 20.7 Å². The molecule has 0 spiro atoms. The van der Waals surface area contributed by atoms with Crippen molar-refractivity contribution < 1.29 is 4.79 Å². The summed E-state index contributed by atoms with van der Waals surface area (Å²) in [6, 6.07) is 16.7. The third-order valence-corrected chi connectivity index (χ3v) is 4.30. The second-order valence-corrected chi connectivity index (χ2v) is 6.77. The van der Waals surface area contributed by atoms with Gasteiger partial charge in [-0.1, -0.05) is 56.3 Å². The first-order valence-electron chi connectivity index (χ1n) is 9.01. The van der Waals surface area contributed by atoms with Crippen LogP contribution in [0.15, 0.2) is 54.6 Å². The molecule has 1 atom stereocenters. The highest BCUT2D eigenvalue weighted by Crippen LogP contribution is 2.18. The van der Waals surface area contributed by atoms with Gasteiger partial charge >= 0.3 is 0 Å². The third kappa shape index (κ3) is 4.69. The van der Waals surface area contributed by atoms with Gasteiger partial charge in [0.25, 0.3) is 0 Å². The van der Waals surface area contributed by atoms with E-state index in [1.165, 1.54) is 4.80 Å². The van der Waals surface area contributed by atoms with E-state index < -0.39 is 6.04 Å². The molecule has 3 rings (SSSR count). The first-order valence-corrected chi connectivity index (χ1v) is 9.01. The molecule has 1 aromatic heterocycles. The van der Waals surface area contributed by atoms with Crippen LogP contribution in [0.1, 0.15) is 25.5 Å². The molecule has 0 aliphatic rings. The molecule has 1 unspecified atom stereocenters. The number of benzene rings is 2. The van der Waals surface area contributed by atoms with Crippen molar-refractivity contribution in [3.63, 3.8) is 0 Å². The molecule has 7 nitrogen and oxygen atoms in total. The van der Waals surface area contributed by atoms with Crippen LogP contribution in [-0.4, -0.2) is 32.7 Å². The van der Waals surface area contributed by atoms with Crippen LogP contribution in [0.2, 0.25) is 0 Å². The fraction of sp³-hybridized carbons (Fsp3) is 0.300. The first-order chi connectivity index (χ1) is 13.0. The van der Waals surface area contributed by atoms with Crippen molar-refractivity contribution in [2.45, 2.75) is 26.3 Å². The van der Waals surface area contributed by atoms with E-state index in [1.807, 2.05) is 68.4 Å². The molecule has 1 amide bonds. The van der Waals surface area contributed by atoms with Gasteiger partial charge in [-0.25, -0.2) is 0 Å². The van der Waals surface area contributed by atoms with Gasteiger partial charge in [0.2, 0.25) is 11.7 Å². The number of nitrogens with zero attached hydrogens (tertiary/aromatic N) is 4. The highest BCUT2D eigenvalue weighted by molar-refractivity contribution is 5.80. The average molecular weight is 364 g/mol. The summed E-state index contributed by atoms with van der Waals surface area (Å²) in [5.74, 6) is 0.424. The number of nitrogens with two attached hydrogens (primary N) is 1. The highest BCUT2D eigenvalue weighted by atomic mass is 16.2. The first kappa shape index (κ1) is 18.6. The number of hydrogen-bond acceptors (Lipinski definition) is 5. The number of amides is 1. The third-order valence-electron chi connectivity index (χ3n) is 4.30. The second kappa shape index (κ2) is 8.44. The lowest BCUT2D eigenvalue weighted by Gasteiger charge is -2.18. The molecule has 0 radical (unpaired) electrons. The van der Waals surface area contributed by atoms with Gasteiger partial charge in [-0.05, 0) is 35.2 Å². The molecule has 0 aliphatic heterocycles. The lowest BCUT2D eigenvalue weighted by Crippen LogP contribution is -2.37. The van der Waals surface area contributed by atoms with E-state index in [1.54, 1.807) is 0 Å². The number of hydrogen-bond donors (Lipinski definition) is 2. The van der Waals surface area contributed by atoms with Crippen LogP contribution >= 0.6 is 0 Å². The average Bonchev–Trinajstić information content (AvgIpc) is 3.13. The Hall–Kier alpha value is -3.22. The molecule has 3 N–H and O–H groups in total. The highest BCUT2D eigenvalue weighted by Gasteiger charge is 2.26. The van der Waals surface area contributed by atoms with Crippen molar-refractivity contribution in [3.8, 4) is 11.4 Å². The molecular formula is C20H24N6O. The Labute approximate surface area is 158 Å². The molecule has 7 heteroatoms. The largest absolute Gasteiger partial charge is 0.399 e. The molecule has 0 aliphatic carbocycles. The van der Waals surface area contributed by atoms with Crippen LogP contribution in [0.25, 0.3) is 11.4 Å². The van der Waals surface area contributed by atoms with Gasteiger partial charge in [0.15, 0.2) is 6.04 Å². The standard InChI is InChI=1S/C20H24N6O/c1-14(2)18(20(27)22-13-12-15-8-10-17(21)11-9-15)26-24-19(23-25-26)16-6-4-3-5-7-16/h3-11,14,18H,12-13,21H2,1-2H3,(H,22,27). The Kier molecular flexibility index (Phi) is 5.80. The van der Waals surface area contributed by atoms with Crippen molar-refractivity contribution in [2.24, 2.45) is 5.92 Å². The molecule has 0 saturated heterocycles. The van der Waals surface area contributed by atoms with E-state index in [-0.39, 0.29) is 11.8 Å². The molecule has 0 bridgehead atoms. The van der Waals surface area contributed by atoms with Crippen LogP contribution in [-0.2, 0) is 11.2 Å². The SMILES string of the molecule is CC(C)C(C(=O)NCCc1ccc(N)cc1)n1nnc(-c2ccccc2)n1. The number of anilines is 1. The molecule has 0 fully saturated rings. The summed E-state index contributed by atoms with van der Waals surface area (Å²) < 4.78 is 0. The Morgan fingerprint density at radius 3 is 2.48 bits per heavy atom. The van der Waals surface area contributed by atoms with Crippen LogP contribution in [0.4, 0.5) is 5.69 Å². The topological polar surface area (TPSA) is 98.7 Å². The fourth-order valence-electron chi connectivity index (χ4n) is 2.84. The van der Waals surface area contributed by atoms with E-state index in [0.717, 1.165) is 23.2 Å². The van der Waals surface area contributed by atoms with Gasteiger partial charge in [-0.2, -0.15) is 4.80 Å². The normalized spacial score (nSPS) is 12.1. The van der Waals surface area contributed by atoms with Crippen LogP contribution in [0.5, 0.6) is 0 Å². The van der Waals surface area contributed by atoms with E-state index in [4.69, 9.17) is 5.73 Å². The summed E-state index contributed by atoms with van der Waals surface area (Å²) in [7, 11) is 0. The van der Waals surface area contributed by atoms with Crippen molar-refractivity contribution in [1.82, 2.24) is 25.5 Å². The molecule has 3 aromatic rings. The van der Waals surface area contributed by atoms with Crippen molar-refractivity contribution >= 4 is 11.6 Å². The van der Waals surface area contributed by atoms with Gasteiger partial charge < -0.3 is 11.1 Å². The van der Waals surface area contributed by atoms with E-state index in [0.29, 0.717) is 12.4 Å². The van der Waals surface area contributed by atoms with E-state index in [9.17, 15) is 4.79 Å². The molecule has 2 aromatic carbocycles. The predicted octanol–water partition coefficient (Wildman–Crippen LogP) is 2.48. The molecule has 27 heavy (non-hydrogen) atoms. The molecular weight excluding hydrogens is 340 g/mol. The number of nitrogens with one attached hydrogen (secondary N) is 1. The maximum atomic E-state index is 12.7. The van der Waals surface area contributed by atoms with Gasteiger partial charge in [-0.15, -0.1) is 10.2 Å². The number of carbonyl (C=O) groups is 1. The van der Waals surface area contributed by atoms with Crippen LogP contribution < -0.4 is 11.1 Å². The molecule has 140 valence electrons. The number of carbonyl (C=O) groups excluding carboxylic acids is 1. The predicted molar refractivity (Wildman–Crippen MR) is 105 cm³/mol. The zero-order valence-corrected chi connectivity index (χ0v) is 15.5. The maximum Gasteiger partial charge on any atom is 0.247 e. The molecule has 1 heterocycles. The van der Waals surface area contributed by atoms with Crippen molar-refractivity contribution in [2.75, 3.05) is 12.3 Å². The Morgan fingerprint density at radius 2 is 1.81 bits per heavy atom. The lowest BCUT2D eigenvalue weighted by molar-refractivity contribution is -0.126. The van der Waals surface area contributed by atoms with Gasteiger partial charge in [-0.3, -0.25) is 4.79 Å². The molecule has 0 saturated carbocycles. The Bertz CT molecular complexity index is 873. The summed E-state index contributed by atoms with van der Waals surface area (Å²) in [4.78, 5) is 14.1. The summed E-state index contributed by atoms with van der Waals surface area (Å²) in [5.41, 5.74) is 8.41. The second-order valence-electron chi connectivity index (χ2n) is 6.77. The number of nitrogen functional groups attached to an aromatic ring is 1. The summed E-state index contributed by atoms with van der Waals surface area (Å²) in [6.07, 6.45) is 0.733. The minimum atomic E-state index is -0.513. The smallest absolute Gasteiger partial charge is 0.247 e. The summed E-state index contributed by atoms with van der Waals surface area (Å²) in [6.45, 7) is 4.47. The zero-order valence-electron chi connectivity index (χ0n) is 15.5. The fourth-order valence-corrected chi connectivity index (χ4v) is 2.84. The monoisotopic (exact) mass is 364 g/mol. The van der Waals surface area contributed by atoms with Gasteiger partial charge in [0.1, 0.15) is 0 Å². The lowest BCUT2D eigenvalue weighted by atomic mass is 10.0.